The fourth-order valence-corrected chi connectivity index (χ4v) is 3.76. The largest absolute Gasteiger partial charge is 0.338 e. The Morgan fingerprint density at radius 3 is 2.70 bits per heavy atom. The van der Waals surface area contributed by atoms with Gasteiger partial charge < -0.3 is 4.52 Å². The molecule has 1 heterocycles. The number of nitro benzene ring substituents is 1. The van der Waals surface area contributed by atoms with Crippen molar-refractivity contribution in [2.45, 2.75) is 18.4 Å². The number of benzene rings is 2. The van der Waals surface area contributed by atoms with Crippen LogP contribution in [0.2, 0.25) is 5.02 Å². The van der Waals surface area contributed by atoms with Crippen LogP contribution in [0.3, 0.4) is 0 Å². The Bertz CT molecular complexity index is 1110. The van der Waals surface area contributed by atoms with Gasteiger partial charge in [0, 0.05) is 17.7 Å². The number of hydrogen-bond acceptors (Lipinski definition) is 7. The van der Waals surface area contributed by atoms with Gasteiger partial charge in [0.25, 0.3) is 5.69 Å². The maximum Gasteiger partial charge on any atom is 0.270 e. The summed E-state index contributed by atoms with van der Waals surface area (Å²) in [6.07, 6.45) is 0. The molecule has 0 aliphatic rings. The van der Waals surface area contributed by atoms with Crippen LogP contribution in [-0.2, 0) is 16.6 Å². The number of hydrogen-bond donors (Lipinski definition) is 1. The average molecular weight is 409 g/mol. The van der Waals surface area contributed by atoms with E-state index in [1.807, 2.05) is 0 Å². The van der Waals surface area contributed by atoms with E-state index < -0.39 is 14.9 Å². The third-order valence-corrected chi connectivity index (χ3v) is 5.54. The van der Waals surface area contributed by atoms with E-state index in [4.69, 9.17) is 16.1 Å². The van der Waals surface area contributed by atoms with Gasteiger partial charge in [-0.3, -0.25) is 10.1 Å². The zero-order chi connectivity index (χ0) is 19.6. The van der Waals surface area contributed by atoms with Gasteiger partial charge in [0.2, 0.25) is 21.7 Å². The van der Waals surface area contributed by atoms with Crippen molar-refractivity contribution in [3.8, 4) is 11.4 Å². The van der Waals surface area contributed by atoms with E-state index >= 15 is 0 Å². The molecule has 3 aromatic rings. The molecule has 11 heteroatoms. The normalized spacial score (nSPS) is 11.5. The van der Waals surface area contributed by atoms with Gasteiger partial charge in [-0.1, -0.05) is 35.0 Å². The maximum absolute atomic E-state index is 12.5. The van der Waals surface area contributed by atoms with E-state index in [1.54, 1.807) is 31.2 Å². The minimum atomic E-state index is -4.02. The quantitative estimate of drug-likeness (QED) is 0.490. The molecule has 9 nitrogen and oxygen atoms in total. The molecule has 0 fully saturated rings. The molecule has 0 atom stereocenters. The van der Waals surface area contributed by atoms with Crippen LogP contribution in [0.15, 0.2) is 51.9 Å². The van der Waals surface area contributed by atoms with Crippen molar-refractivity contribution in [1.82, 2.24) is 14.9 Å². The number of aromatic nitrogens is 2. The first-order valence-electron chi connectivity index (χ1n) is 7.60. The van der Waals surface area contributed by atoms with Crippen LogP contribution >= 0.6 is 11.6 Å². The fourth-order valence-electron chi connectivity index (χ4n) is 2.30. The highest BCUT2D eigenvalue weighted by Crippen LogP contribution is 2.25. The van der Waals surface area contributed by atoms with Gasteiger partial charge in [0.15, 0.2) is 0 Å². The summed E-state index contributed by atoms with van der Waals surface area (Å²) in [5.41, 5.74) is 0.599. The molecule has 3 rings (SSSR count). The molecule has 0 saturated carbocycles. The van der Waals surface area contributed by atoms with Crippen LogP contribution < -0.4 is 4.72 Å². The van der Waals surface area contributed by atoms with Crippen molar-refractivity contribution in [2.24, 2.45) is 0 Å². The van der Waals surface area contributed by atoms with Gasteiger partial charge in [-0.25, -0.2) is 13.1 Å². The smallest absolute Gasteiger partial charge is 0.270 e. The van der Waals surface area contributed by atoms with Crippen LogP contribution in [-0.4, -0.2) is 23.5 Å². The molecule has 1 N–H and O–H groups in total. The molecule has 0 amide bonds. The van der Waals surface area contributed by atoms with E-state index in [-0.39, 0.29) is 28.8 Å². The monoisotopic (exact) mass is 408 g/mol. The Morgan fingerprint density at radius 1 is 1.26 bits per heavy atom. The third kappa shape index (κ3) is 4.13. The molecule has 0 bridgehead atoms. The zero-order valence-corrected chi connectivity index (χ0v) is 15.5. The number of nitrogens with zero attached hydrogens (tertiary/aromatic N) is 3. The van der Waals surface area contributed by atoms with E-state index in [0.29, 0.717) is 16.1 Å². The summed E-state index contributed by atoms with van der Waals surface area (Å²) in [7, 11) is -4.02. The molecule has 0 aliphatic heterocycles. The first-order chi connectivity index (χ1) is 12.8. The van der Waals surface area contributed by atoms with Crippen molar-refractivity contribution in [3.05, 3.63) is 69.1 Å². The lowest BCUT2D eigenvalue weighted by atomic mass is 10.2. The molecule has 27 heavy (non-hydrogen) atoms. The number of rotatable bonds is 6. The van der Waals surface area contributed by atoms with Gasteiger partial charge >= 0.3 is 0 Å². The molecule has 0 spiro atoms. The average Bonchev–Trinajstić information content (AvgIpc) is 3.09. The van der Waals surface area contributed by atoms with E-state index in [2.05, 4.69) is 14.9 Å². The Kier molecular flexibility index (Phi) is 5.22. The highest BCUT2D eigenvalue weighted by molar-refractivity contribution is 7.89. The highest BCUT2D eigenvalue weighted by Gasteiger charge is 2.21. The number of halogens is 1. The van der Waals surface area contributed by atoms with Gasteiger partial charge in [-0.2, -0.15) is 4.98 Å². The van der Waals surface area contributed by atoms with E-state index in [0.717, 1.165) is 6.07 Å². The lowest BCUT2D eigenvalue weighted by Gasteiger charge is -2.07. The summed E-state index contributed by atoms with van der Waals surface area (Å²) in [5, 5.41) is 15.1. The van der Waals surface area contributed by atoms with Crippen molar-refractivity contribution in [1.29, 1.82) is 0 Å². The SMILES string of the molecule is Cc1ccc([N+](=O)[O-])cc1S(=O)(=O)NCc1nc(-c2ccccc2Cl)no1. The lowest BCUT2D eigenvalue weighted by molar-refractivity contribution is -0.385. The van der Waals surface area contributed by atoms with Gasteiger partial charge in [0.1, 0.15) is 0 Å². The number of non-ortho nitro benzene ring substituents is 1. The molecule has 2 aromatic carbocycles. The summed E-state index contributed by atoms with van der Waals surface area (Å²) in [4.78, 5) is 14.1. The summed E-state index contributed by atoms with van der Waals surface area (Å²) >= 11 is 6.07. The maximum atomic E-state index is 12.5. The Hall–Kier alpha value is -2.82. The number of aryl methyl sites for hydroxylation is 1. The van der Waals surface area contributed by atoms with Crippen molar-refractivity contribution in [2.75, 3.05) is 0 Å². The molecule has 0 radical (unpaired) electrons. The predicted octanol–water partition coefficient (Wildman–Crippen LogP) is 3.09. The van der Waals surface area contributed by atoms with Gasteiger partial charge in [-0.15, -0.1) is 0 Å². The molecular weight excluding hydrogens is 396 g/mol. The molecule has 0 saturated heterocycles. The zero-order valence-electron chi connectivity index (χ0n) is 13.9. The van der Waals surface area contributed by atoms with Crippen molar-refractivity contribution < 1.29 is 17.9 Å². The number of sulfonamides is 1. The minimum absolute atomic E-state index is 0.0246. The summed E-state index contributed by atoms with van der Waals surface area (Å²) in [6, 6.07) is 10.5. The minimum Gasteiger partial charge on any atom is -0.338 e. The number of nitro groups is 1. The molecule has 0 aliphatic carbocycles. The van der Waals surface area contributed by atoms with Crippen molar-refractivity contribution in [3.63, 3.8) is 0 Å². The number of nitrogens with one attached hydrogen (secondary N) is 1. The van der Waals surface area contributed by atoms with Gasteiger partial charge in [0.05, 0.1) is 21.4 Å². The fraction of sp³-hybridized carbons (Fsp3) is 0.125. The van der Waals surface area contributed by atoms with Crippen molar-refractivity contribution >= 4 is 27.3 Å². The van der Waals surface area contributed by atoms with Crippen LogP contribution in [0.1, 0.15) is 11.5 Å². The van der Waals surface area contributed by atoms with E-state index in [1.165, 1.54) is 12.1 Å². The lowest BCUT2D eigenvalue weighted by Crippen LogP contribution is -2.24. The van der Waals surface area contributed by atoms with Crippen LogP contribution in [0.4, 0.5) is 5.69 Å². The van der Waals surface area contributed by atoms with Crippen LogP contribution in [0, 0.1) is 17.0 Å². The van der Waals surface area contributed by atoms with E-state index in [9.17, 15) is 18.5 Å². The Morgan fingerprint density at radius 2 is 2.00 bits per heavy atom. The standard InChI is InChI=1S/C16H13ClN4O5S/c1-10-6-7-11(21(22)23)8-14(10)27(24,25)18-9-15-19-16(20-26-15)12-4-2-3-5-13(12)17/h2-8,18H,9H2,1H3. The molecule has 140 valence electrons. The molecule has 1 aromatic heterocycles. The topological polar surface area (TPSA) is 128 Å². The predicted molar refractivity (Wildman–Crippen MR) is 96.6 cm³/mol. The second kappa shape index (κ2) is 7.43. The third-order valence-electron chi connectivity index (χ3n) is 3.67. The first-order valence-corrected chi connectivity index (χ1v) is 9.46. The molecular formula is C16H13ClN4O5S. The Labute approximate surface area is 159 Å². The Balaban J connectivity index is 1.80. The van der Waals surface area contributed by atoms with Gasteiger partial charge in [-0.05, 0) is 24.6 Å². The molecule has 0 unspecified atom stereocenters. The summed E-state index contributed by atoms with van der Waals surface area (Å²) in [6.45, 7) is 1.27. The summed E-state index contributed by atoms with van der Waals surface area (Å²) in [5.74, 6) is 0.248. The van der Waals surface area contributed by atoms with Crippen LogP contribution in [0.25, 0.3) is 11.4 Å². The van der Waals surface area contributed by atoms with Crippen LogP contribution in [0.5, 0.6) is 0 Å². The summed E-state index contributed by atoms with van der Waals surface area (Å²) < 4.78 is 32.3. The second-order valence-electron chi connectivity index (χ2n) is 5.52. The highest BCUT2D eigenvalue weighted by atomic mass is 35.5. The first kappa shape index (κ1) is 19.0. The second-order valence-corrected chi connectivity index (χ2v) is 7.67.